The zero-order chi connectivity index (χ0) is 14.5. The first-order valence-corrected chi connectivity index (χ1v) is 7.41. The lowest BCUT2D eigenvalue weighted by atomic mass is 10.1. The van der Waals surface area contributed by atoms with Gasteiger partial charge in [0.05, 0.1) is 12.1 Å². The van der Waals surface area contributed by atoms with Crippen LogP contribution in [0.3, 0.4) is 0 Å². The number of aliphatic carboxylic acids is 1. The monoisotopic (exact) mass is 295 g/mol. The summed E-state index contributed by atoms with van der Waals surface area (Å²) in [6.45, 7) is 1.98. The molecule has 0 aliphatic heterocycles. The van der Waals surface area contributed by atoms with E-state index in [9.17, 15) is 9.59 Å². The summed E-state index contributed by atoms with van der Waals surface area (Å²) >= 11 is 1.49. The molecule has 1 amide bonds. The molecule has 0 radical (unpaired) electrons. The zero-order valence-electron chi connectivity index (χ0n) is 11.2. The van der Waals surface area contributed by atoms with Crippen LogP contribution >= 0.6 is 11.3 Å². The Labute approximate surface area is 120 Å². The van der Waals surface area contributed by atoms with Crippen molar-refractivity contribution in [2.75, 3.05) is 0 Å². The lowest BCUT2D eigenvalue weighted by molar-refractivity contribution is -0.142. The van der Waals surface area contributed by atoms with E-state index in [1.165, 1.54) is 11.3 Å². The van der Waals surface area contributed by atoms with E-state index in [2.05, 4.69) is 10.3 Å². The van der Waals surface area contributed by atoms with Gasteiger partial charge in [0.15, 0.2) is 4.96 Å². The highest BCUT2D eigenvalue weighted by atomic mass is 32.1. The molecule has 0 fully saturated rings. The van der Waals surface area contributed by atoms with Crippen molar-refractivity contribution in [3.8, 4) is 0 Å². The summed E-state index contributed by atoms with van der Waals surface area (Å²) in [6.07, 6.45) is 5.89. The van der Waals surface area contributed by atoms with Gasteiger partial charge in [-0.1, -0.05) is 19.8 Å². The summed E-state index contributed by atoms with van der Waals surface area (Å²) < 4.78 is 1.85. The van der Waals surface area contributed by atoms with Gasteiger partial charge in [0.1, 0.15) is 6.04 Å². The number of fused-ring (bicyclic) bond motifs is 1. The number of carboxylic acid groups (broad SMARTS) is 1. The topological polar surface area (TPSA) is 83.7 Å². The van der Waals surface area contributed by atoms with Crippen LogP contribution in [0, 0.1) is 0 Å². The summed E-state index contributed by atoms with van der Waals surface area (Å²) in [5, 5.41) is 13.5. The molecule has 7 heteroatoms. The normalized spacial score (nSPS) is 12.4. The van der Waals surface area contributed by atoms with Gasteiger partial charge < -0.3 is 10.4 Å². The van der Waals surface area contributed by atoms with E-state index in [0.29, 0.717) is 12.1 Å². The number of amides is 1. The van der Waals surface area contributed by atoms with Crippen LogP contribution in [0.1, 0.15) is 31.9 Å². The van der Waals surface area contributed by atoms with Crippen molar-refractivity contribution >= 4 is 28.2 Å². The SMILES string of the molecule is CCCCC(NC(=O)Cc1cn2ccsc2n1)C(=O)O. The first kappa shape index (κ1) is 14.5. The molecule has 20 heavy (non-hydrogen) atoms. The molecule has 108 valence electrons. The maximum atomic E-state index is 11.9. The van der Waals surface area contributed by atoms with Crippen LogP contribution < -0.4 is 5.32 Å². The molecule has 0 spiro atoms. The minimum atomic E-state index is -0.988. The van der Waals surface area contributed by atoms with E-state index < -0.39 is 12.0 Å². The second-order valence-corrected chi connectivity index (χ2v) is 5.48. The number of imidazole rings is 1. The Morgan fingerprint density at radius 1 is 1.55 bits per heavy atom. The van der Waals surface area contributed by atoms with Crippen molar-refractivity contribution in [1.29, 1.82) is 0 Å². The fraction of sp³-hybridized carbons (Fsp3) is 0.462. The molecular weight excluding hydrogens is 278 g/mol. The highest BCUT2D eigenvalue weighted by Crippen LogP contribution is 2.11. The average Bonchev–Trinajstić information content (AvgIpc) is 2.94. The number of unbranched alkanes of at least 4 members (excludes halogenated alkanes) is 1. The van der Waals surface area contributed by atoms with Crippen LogP contribution in [0.5, 0.6) is 0 Å². The van der Waals surface area contributed by atoms with E-state index in [-0.39, 0.29) is 12.3 Å². The number of nitrogens with one attached hydrogen (secondary N) is 1. The molecule has 0 aliphatic carbocycles. The Hall–Kier alpha value is -1.89. The molecule has 1 unspecified atom stereocenters. The molecule has 2 rings (SSSR count). The number of aromatic nitrogens is 2. The largest absolute Gasteiger partial charge is 0.480 e. The van der Waals surface area contributed by atoms with Gasteiger partial charge in [-0.05, 0) is 6.42 Å². The van der Waals surface area contributed by atoms with E-state index >= 15 is 0 Å². The number of carbonyl (C=O) groups is 2. The maximum absolute atomic E-state index is 11.9. The second-order valence-electron chi connectivity index (χ2n) is 4.60. The van der Waals surface area contributed by atoms with Crippen LogP contribution in [0.15, 0.2) is 17.8 Å². The second kappa shape index (κ2) is 6.51. The van der Waals surface area contributed by atoms with E-state index in [4.69, 9.17) is 5.11 Å². The number of carboxylic acids is 1. The average molecular weight is 295 g/mol. The Balaban J connectivity index is 1.93. The minimum Gasteiger partial charge on any atom is -0.480 e. The van der Waals surface area contributed by atoms with Gasteiger partial charge in [-0.15, -0.1) is 11.3 Å². The molecule has 6 nitrogen and oxygen atoms in total. The summed E-state index contributed by atoms with van der Waals surface area (Å²) in [4.78, 5) is 28.1. The van der Waals surface area contributed by atoms with Crippen molar-refractivity contribution in [2.45, 2.75) is 38.6 Å². The molecule has 2 N–H and O–H groups in total. The molecule has 0 aromatic carbocycles. The molecule has 0 saturated heterocycles. The first-order valence-electron chi connectivity index (χ1n) is 6.53. The van der Waals surface area contributed by atoms with E-state index in [1.807, 2.05) is 22.9 Å². The Morgan fingerprint density at radius 3 is 3.00 bits per heavy atom. The number of carbonyl (C=O) groups excluding carboxylic acids is 1. The molecule has 1 atom stereocenters. The summed E-state index contributed by atoms with van der Waals surface area (Å²) in [5.41, 5.74) is 0.647. The summed E-state index contributed by atoms with van der Waals surface area (Å²) in [7, 11) is 0. The van der Waals surface area contributed by atoms with Gasteiger partial charge in [0.2, 0.25) is 5.91 Å². The van der Waals surface area contributed by atoms with Crippen LogP contribution in [-0.2, 0) is 16.0 Å². The molecule has 0 bridgehead atoms. The number of rotatable bonds is 7. The van der Waals surface area contributed by atoms with Gasteiger partial charge in [-0.3, -0.25) is 9.20 Å². The Bertz CT molecular complexity index is 576. The van der Waals surface area contributed by atoms with Crippen molar-refractivity contribution in [2.24, 2.45) is 0 Å². The van der Waals surface area contributed by atoms with Gasteiger partial charge >= 0.3 is 5.97 Å². The number of thiazole rings is 1. The molecule has 0 saturated carbocycles. The molecular formula is C13H17N3O3S. The number of hydrogen-bond acceptors (Lipinski definition) is 4. The third-order valence-corrected chi connectivity index (χ3v) is 3.74. The Morgan fingerprint density at radius 2 is 2.35 bits per heavy atom. The highest BCUT2D eigenvalue weighted by Gasteiger charge is 2.19. The van der Waals surface area contributed by atoms with Crippen molar-refractivity contribution in [3.63, 3.8) is 0 Å². The predicted molar refractivity (Wildman–Crippen MR) is 75.9 cm³/mol. The Kier molecular flexibility index (Phi) is 4.73. The zero-order valence-corrected chi connectivity index (χ0v) is 12.0. The summed E-state index contributed by atoms with van der Waals surface area (Å²) in [5.74, 6) is -1.29. The highest BCUT2D eigenvalue weighted by molar-refractivity contribution is 7.15. The standard InChI is InChI=1S/C13H17N3O3S/c1-2-3-4-10(12(18)19)15-11(17)7-9-8-16-5-6-20-13(16)14-9/h5-6,8,10H,2-4,7H2,1H3,(H,15,17)(H,18,19). The van der Waals surface area contributed by atoms with Crippen LogP contribution in [-0.4, -0.2) is 32.4 Å². The first-order chi connectivity index (χ1) is 9.60. The third kappa shape index (κ3) is 3.57. The molecule has 2 aromatic heterocycles. The van der Waals surface area contributed by atoms with Crippen LogP contribution in [0.2, 0.25) is 0 Å². The number of hydrogen-bond donors (Lipinski definition) is 2. The van der Waals surface area contributed by atoms with Crippen molar-refractivity contribution in [1.82, 2.24) is 14.7 Å². The van der Waals surface area contributed by atoms with E-state index in [1.54, 1.807) is 6.20 Å². The lowest BCUT2D eigenvalue weighted by Gasteiger charge is -2.13. The fourth-order valence-electron chi connectivity index (χ4n) is 1.94. The van der Waals surface area contributed by atoms with Crippen LogP contribution in [0.4, 0.5) is 0 Å². The fourth-order valence-corrected chi connectivity index (χ4v) is 2.66. The quantitative estimate of drug-likeness (QED) is 0.814. The summed E-state index contributed by atoms with van der Waals surface area (Å²) in [6, 6.07) is -0.814. The lowest BCUT2D eigenvalue weighted by Crippen LogP contribution is -2.41. The third-order valence-electron chi connectivity index (χ3n) is 2.96. The van der Waals surface area contributed by atoms with Gasteiger partial charge in [-0.2, -0.15) is 0 Å². The smallest absolute Gasteiger partial charge is 0.326 e. The van der Waals surface area contributed by atoms with Crippen LogP contribution in [0.25, 0.3) is 4.96 Å². The van der Waals surface area contributed by atoms with Crippen molar-refractivity contribution < 1.29 is 14.7 Å². The van der Waals surface area contributed by atoms with Crippen molar-refractivity contribution in [3.05, 3.63) is 23.5 Å². The molecule has 2 aromatic rings. The van der Waals surface area contributed by atoms with Gasteiger partial charge in [0, 0.05) is 17.8 Å². The maximum Gasteiger partial charge on any atom is 0.326 e. The molecule has 0 aliphatic rings. The van der Waals surface area contributed by atoms with E-state index in [0.717, 1.165) is 17.8 Å². The van der Waals surface area contributed by atoms with Gasteiger partial charge in [0.25, 0.3) is 0 Å². The number of nitrogens with zero attached hydrogens (tertiary/aromatic N) is 2. The van der Waals surface area contributed by atoms with Gasteiger partial charge in [-0.25, -0.2) is 9.78 Å². The minimum absolute atomic E-state index is 0.101. The molecule has 2 heterocycles. The predicted octanol–water partition coefficient (Wildman–Crippen LogP) is 1.70.